The van der Waals surface area contributed by atoms with E-state index in [4.69, 9.17) is 0 Å². The molecule has 0 saturated carbocycles. The zero-order valence-corrected chi connectivity index (χ0v) is 14.8. The molecule has 3 rings (SSSR count). The maximum Gasteiger partial charge on any atom is 0.226 e. The van der Waals surface area contributed by atoms with Gasteiger partial charge in [-0.1, -0.05) is 6.92 Å². The standard InChI is InChI=1S/C18H20FN3OS/c1-4-16-10(2)15-6-13(19)5-12(18(15)22-16)8-20-17(23)7-14-9-24-11(3)21-14/h5-6,9,22H,4,7-8H2,1-3H3,(H,20,23). The van der Waals surface area contributed by atoms with Crippen molar-refractivity contribution in [3.63, 3.8) is 0 Å². The summed E-state index contributed by atoms with van der Waals surface area (Å²) in [5.41, 5.74) is 4.59. The molecule has 4 nitrogen and oxygen atoms in total. The van der Waals surface area contributed by atoms with Crippen molar-refractivity contribution in [2.24, 2.45) is 0 Å². The number of carbonyl (C=O) groups is 1. The Morgan fingerprint density at radius 2 is 2.17 bits per heavy atom. The van der Waals surface area contributed by atoms with Gasteiger partial charge in [0.25, 0.3) is 0 Å². The fraction of sp³-hybridized carbons (Fsp3) is 0.333. The third kappa shape index (κ3) is 3.33. The van der Waals surface area contributed by atoms with Gasteiger partial charge in [-0.3, -0.25) is 4.79 Å². The fourth-order valence-corrected chi connectivity index (χ4v) is 3.53. The summed E-state index contributed by atoms with van der Waals surface area (Å²) in [6.45, 7) is 6.25. The van der Waals surface area contributed by atoms with Gasteiger partial charge in [0.2, 0.25) is 5.91 Å². The zero-order valence-electron chi connectivity index (χ0n) is 14.0. The molecule has 0 aliphatic rings. The van der Waals surface area contributed by atoms with Gasteiger partial charge >= 0.3 is 0 Å². The second-order valence-electron chi connectivity index (χ2n) is 5.88. The number of halogens is 1. The average molecular weight is 345 g/mol. The molecule has 0 spiro atoms. The molecule has 0 atom stereocenters. The normalized spacial score (nSPS) is 11.2. The number of amides is 1. The van der Waals surface area contributed by atoms with Gasteiger partial charge in [0, 0.05) is 23.0 Å². The van der Waals surface area contributed by atoms with E-state index in [0.29, 0.717) is 6.54 Å². The Labute approximate surface area is 144 Å². The third-order valence-corrected chi connectivity index (χ3v) is 4.98. The van der Waals surface area contributed by atoms with Gasteiger partial charge < -0.3 is 10.3 Å². The Balaban J connectivity index is 1.78. The van der Waals surface area contributed by atoms with Gasteiger partial charge in [-0.05, 0) is 43.5 Å². The number of hydrogen-bond acceptors (Lipinski definition) is 3. The lowest BCUT2D eigenvalue weighted by Gasteiger charge is -2.07. The number of aromatic amines is 1. The van der Waals surface area contributed by atoms with Crippen molar-refractivity contribution in [1.82, 2.24) is 15.3 Å². The fourth-order valence-electron chi connectivity index (χ4n) is 2.92. The lowest BCUT2D eigenvalue weighted by Crippen LogP contribution is -2.24. The maximum absolute atomic E-state index is 13.9. The molecule has 0 aliphatic heterocycles. The van der Waals surface area contributed by atoms with E-state index in [1.54, 1.807) is 6.07 Å². The first-order valence-electron chi connectivity index (χ1n) is 7.95. The van der Waals surface area contributed by atoms with E-state index >= 15 is 0 Å². The highest BCUT2D eigenvalue weighted by atomic mass is 32.1. The Morgan fingerprint density at radius 3 is 2.83 bits per heavy atom. The minimum absolute atomic E-state index is 0.114. The number of aromatic nitrogens is 2. The van der Waals surface area contributed by atoms with Gasteiger partial charge in [-0.15, -0.1) is 11.3 Å². The molecule has 0 aliphatic carbocycles. The number of nitrogens with one attached hydrogen (secondary N) is 2. The first-order chi connectivity index (χ1) is 11.5. The average Bonchev–Trinajstić information content (AvgIpc) is 3.09. The van der Waals surface area contributed by atoms with Crippen LogP contribution in [0.1, 0.15) is 34.4 Å². The number of thiazole rings is 1. The molecule has 0 fully saturated rings. The van der Waals surface area contributed by atoms with Crippen LogP contribution in [-0.4, -0.2) is 15.9 Å². The van der Waals surface area contributed by atoms with Crippen molar-refractivity contribution in [3.05, 3.63) is 50.9 Å². The van der Waals surface area contributed by atoms with Crippen LogP contribution in [0.15, 0.2) is 17.5 Å². The molecule has 1 amide bonds. The number of fused-ring (bicyclic) bond motifs is 1. The van der Waals surface area contributed by atoms with E-state index in [1.165, 1.54) is 17.4 Å². The Hall–Kier alpha value is -2.21. The minimum atomic E-state index is -0.286. The monoisotopic (exact) mass is 345 g/mol. The summed E-state index contributed by atoms with van der Waals surface area (Å²) >= 11 is 1.53. The van der Waals surface area contributed by atoms with Crippen molar-refractivity contribution in [1.29, 1.82) is 0 Å². The van der Waals surface area contributed by atoms with Crippen LogP contribution in [0.5, 0.6) is 0 Å². The van der Waals surface area contributed by atoms with Crippen LogP contribution in [-0.2, 0) is 24.2 Å². The van der Waals surface area contributed by atoms with Gasteiger partial charge in [0.1, 0.15) is 5.82 Å². The van der Waals surface area contributed by atoms with Crippen molar-refractivity contribution in [2.45, 2.75) is 40.2 Å². The van der Waals surface area contributed by atoms with Gasteiger partial charge in [-0.25, -0.2) is 9.37 Å². The number of aryl methyl sites for hydroxylation is 3. The van der Waals surface area contributed by atoms with Crippen LogP contribution >= 0.6 is 11.3 Å². The molecule has 2 heterocycles. The molecular formula is C18H20FN3OS. The van der Waals surface area contributed by atoms with Crippen LogP contribution in [0.3, 0.4) is 0 Å². The summed E-state index contributed by atoms with van der Waals surface area (Å²) in [5, 5.41) is 6.57. The Kier molecular flexibility index (Phi) is 4.66. The van der Waals surface area contributed by atoms with Gasteiger partial charge in [0.15, 0.2) is 0 Å². The highest BCUT2D eigenvalue weighted by Crippen LogP contribution is 2.26. The van der Waals surface area contributed by atoms with Crippen molar-refractivity contribution in [2.75, 3.05) is 0 Å². The number of H-pyrrole nitrogens is 1. The Bertz CT molecular complexity index is 897. The summed E-state index contributed by atoms with van der Waals surface area (Å²) in [6.07, 6.45) is 1.10. The van der Waals surface area contributed by atoms with E-state index < -0.39 is 0 Å². The minimum Gasteiger partial charge on any atom is -0.358 e. The van der Waals surface area contributed by atoms with Crippen LogP contribution in [0.4, 0.5) is 4.39 Å². The molecule has 0 saturated heterocycles. The van der Waals surface area contributed by atoms with Crippen LogP contribution in [0, 0.1) is 19.7 Å². The summed E-state index contributed by atoms with van der Waals surface area (Å²) in [7, 11) is 0. The van der Waals surface area contributed by atoms with Crippen LogP contribution in [0.25, 0.3) is 10.9 Å². The first-order valence-corrected chi connectivity index (χ1v) is 8.83. The number of hydrogen-bond donors (Lipinski definition) is 2. The van der Waals surface area contributed by atoms with Crippen LogP contribution in [0.2, 0.25) is 0 Å². The quantitative estimate of drug-likeness (QED) is 0.739. The molecule has 24 heavy (non-hydrogen) atoms. The molecule has 0 unspecified atom stereocenters. The molecule has 2 N–H and O–H groups in total. The topological polar surface area (TPSA) is 57.8 Å². The predicted octanol–water partition coefficient (Wildman–Crippen LogP) is 3.80. The molecule has 2 aromatic heterocycles. The predicted molar refractivity (Wildman–Crippen MR) is 94.8 cm³/mol. The molecule has 6 heteroatoms. The second kappa shape index (κ2) is 6.73. The van der Waals surface area contributed by atoms with E-state index in [-0.39, 0.29) is 18.1 Å². The zero-order chi connectivity index (χ0) is 17.3. The first kappa shape index (κ1) is 16.6. The largest absolute Gasteiger partial charge is 0.358 e. The highest BCUT2D eigenvalue weighted by molar-refractivity contribution is 7.09. The number of rotatable bonds is 5. The van der Waals surface area contributed by atoms with Gasteiger partial charge in [-0.2, -0.15) is 0 Å². The van der Waals surface area contributed by atoms with Crippen molar-refractivity contribution in [3.8, 4) is 0 Å². The summed E-state index contributed by atoms with van der Waals surface area (Å²) in [6, 6.07) is 3.02. The lowest BCUT2D eigenvalue weighted by atomic mass is 10.1. The summed E-state index contributed by atoms with van der Waals surface area (Å²) in [5.74, 6) is -0.400. The molecule has 0 bridgehead atoms. The molecule has 126 valence electrons. The van der Waals surface area contributed by atoms with Gasteiger partial charge in [0.05, 0.1) is 22.6 Å². The second-order valence-corrected chi connectivity index (χ2v) is 6.94. The maximum atomic E-state index is 13.9. The van der Waals surface area contributed by atoms with E-state index in [2.05, 4.69) is 22.2 Å². The number of nitrogens with zero attached hydrogens (tertiary/aromatic N) is 1. The SMILES string of the molecule is CCc1[nH]c2c(CNC(=O)Cc3csc(C)n3)cc(F)cc2c1C. The number of carbonyl (C=O) groups excluding carboxylic acids is 1. The van der Waals surface area contributed by atoms with Crippen molar-refractivity contribution >= 4 is 28.1 Å². The third-order valence-electron chi connectivity index (χ3n) is 4.16. The molecule has 0 radical (unpaired) electrons. The van der Waals surface area contributed by atoms with E-state index in [9.17, 15) is 9.18 Å². The lowest BCUT2D eigenvalue weighted by molar-refractivity contribution is -0.120. The molecule has 3 aromatic rings. The number of benzene rings is 1. The van der Waals surface area contributed by atoms with Crippen LogP contribution < -0.4 is 5.32 Å². The molecule has 1 aromatic carbocycles. The summed E-state index contributed by atoms with van der Waals surface area (Å²) in [4.78, 5) is 19.7. The molecular weight excluding hydrogens is 325 g/mol. The van der Waals surface area contributed by atoms with E-state index in [0.717, 1.165) is 44.8 Å². The summed E-state index contributed by atoms with van der Waals surface area (Å²) < 4.78 is 13.9. The van der Waals surface area contributed by atoms with Crippen molar-refractivity contribution < 1.29 is 9.18 Å². The smallest absolute Gasteiger partial charge is 0.226 e. The highest BCUT2D eigenvalue weighted by Gasteiger charge is 2.13. The van der Waals surface area contributed by atoms with E-state index in [1.807, 2.05) is 19.2 Å². The Morgan fingerprint density at radius 1 is 1.38 bits per heavy atom.